The average Bonchev–Trinajstić information content (AvgIpc) is 3.03. The van der Waals surface area contributed by atoms with Crippen molar-refractivity contribution in [3.63, 3.8) is 0 Å². The van der Waals surface area contributed by atoms with Gasteiger partial charge in [0, 0.05) is 24.9 Å². The summed E-state index contributed by atoms with van der Waals surface area (Å²) in [5, 5.41) is 10.4. The quantitative estimate of drug-likeness (QED) is 0.525. The van der Waals surface area contributed by atoms with Crippen LogP contribution in [-0.2, 0) is 21.8 Å². The van der Waals surface area contributed by atoms with E-state index >= 15 is 0 Å². The topological polar surface area (TPSA) is 141 Å². The average molecular weight is 470 g/mol. The number of rotatable bonds is 6. The van der Waals surface area contributed by atoms with Crippen LogP contribution in [0.15, 0.2) is 30.6 Å². The molecule has 3 heterocycles. The predicted molar refractivity (Wildman–Crippen MR) is 110 cm³/mol. The number of hydrogen-bond donors (Lipinski definition) is 2. The van der Waals surface area contributed by atoms with Crippen LogP contribution in [0.1, 0.15) is 18.6 Å². The van der Waals surface area contributed by atoms with Gasteiger partial charge in [-0.05, 0) is 13.0 Å². The number of pyridine rings is 2. The fourth-order valence-electron chi connectivity index (χ4n) is 2.56. The van der Waals surface area contributed by atoms with Gasteiger partial charge in [-0.25, -0.2) is 27.3 Å². The minimum atomic E-state index is -3.68. The van der Waals surface area contributed by atoms with E-state index < -0.39 is 28.0 Å². The number of aromatic nitrogens is 5. The van der Waals surface area contributed by atoms with Gasteiger partial charge in [-0.2, -0.15) is 0 Å². The van der Waals surface area contributed by atoms with Gasteiger partial charge in [-0.15, -0.1) is 5.10 Å². The van der Waals surface area contributed by atoms with E-state index in [1.165, 1.54) is 17.9 Å². The van der Waals surface area contributed by atoms with Gasteiger partial charge in [0.25, 0.3) is 0 Å². The Morgan fingerprint density at radius 2 is 2.10 bits per heavy atom. The van der Waals surface area contributed by atoms with E-state index in [2.05, 4.69) is 25.6 Å². The highest BCUT2D eigenvalue weighted by Gasteiger charge is 2.21. The molecule has 2 N–H and O–H groups in total. The summed E-state index contributed by atoms with van der Waals surface area (Å²) < 4.78 is 45.5. The van der Waals surface area contributed by atoms with Gasteiger partial charge in [-0.3, -0.25) is 15.0 Å². The third kappa shape index (κ3) is 5.44. The van der Waals surface area contributed by atoms with Crippen molar-refractivity contribution in [2.45, 2.75) is 13.0 Å². The first-order chi connectivity index (χ1) is 14.5. The Morgan fingerprint density at radius 1 is 1.35 bits per heavy atom. The Hall–Kier alpha value is -3.32. The molecule has 3 rings (SSSR count). The molecule has 0 unspecified atom stereocenters. The Labute approximate surface area is 181 Å². The molecule has 0 aliphatic carbocycles. The molecule has 0 aliphatic heterocycles. The number of halogens is 2. The van der Waals surface area contributed by atoms with Crippen molar-refractivity contribution in [1.29, 1.82) is 0 Å². The normalized spacial score (nSPS) is 12.3. The van der Waals surface area contributed by atoms with Crippen LogP contribution in [0.3, 0.4) is 0 Å². The number of nitrogens with zero attached hydrogens (tertiary/aromatic N) is 5. The monoisotopic (exact) mass is 469 g/mol. The van der Waals surface area contributed by atoms with Crippen molar-refractivity contribution in [3.05, 3.63) is 47.1 Å². The van der Waals surface area contributed by atoms with Crippen LogP contribution in [-0.4, -0.2) is 45.7 Å². The van der Waals surface area contributed by atoms with Gasteiger partial charge in [0.05, 0.1) is 18.1 Å². The molecule has 164 valence electrons. The number of aryl methyl sites for hydroxylation is 1. The van der Waals surface area contributed by atoms with Gasteiger partial charge >= 0.3 is 6.09 Å². The number of hydrogen-bond acceptors (Lipinski definition) is 8. The molecule has 0 fully saturated rings. The molecule has 14 heteroatoms. The van der Waals surface area contributed by atoms with Crippen molar-refractivity contribution < 1.29 is 22.3 Å². The Kier molecular flexibility index (Phi) is 6.36. The standard InChI is InChI=1S/C17H17ClFN7O4S/c1-9(10-5-4-6-20-15(10)18)30-17(27)22-16-14(23-25-26(16)2)12-7-11(19)13(8-21-12)24-31(3,28)29/h4-9,24H,1-3H3,(H,22,27)/t9-/m1/s1. The molecule has 3 aromatic rings. The second kappa shape index (κ2) is 8.81. The fraction of sp³-hybridized carbons (Fsp3) is 0.235. The number of sulfonamides is 1. The summed E-state index contributed by atoms with van der Waals surface area (Å²) in [4.78, 5) is 20.3. The van der Waals surface area contributed by atoms with Crippen LogP contribution < -0.4 is 10.0 Å². The molecule has 0 saturated heterocycles. The lowest BCUT2D eigenvalue weighted by atomic mass is 10.2. The fourth-order valence-corrected chi connectivity index (χ4v) is 3.38. The third-order valence-corrected chi connectivity index (χ3v) is 4.85. The van der Waals surface area contributed by atoms with Crippen LogP contribution in [0.2, 0.25) is 5.15 Å². The SMILES string of the molecule is C[C@@H](OC(=O)Nc1c(-c2cc(F)c(NS(C)(=O)=O)cn2)nnn1C)c1cccnc1Cl. The van der Waals surface area contributed by atoms with Gasteiger partial charge in [0.2, 0.25) is 10.0 Å². The lowest BCUT2D eigenvalue weighted by Gasteiger charge is -2.15. The zero-order valence-electron chi connectivity index (χ0n) is 16.5. The van der Waals surface area contributed by atoms with Gasteiger partial charge in [0.1, 0.15) is 16.9 Å². The lowest BCUT2D eigenvalue weighted by molar-refractivity contribution is 0.121. The second-order valence-electron chi connectivity index (χ2n) is 6.39. The zero-order chi connectivity index (χ0) is 22.8. The summed E-state index contributed by atoms with van der Waals surface area (Å²) in [6.45, 7) is 1.62. The van der Waals surface area contributed by atoms with E-state index in [4.69, 9.17) is 16.3 Å². The minimum absolute atomic E-state index is 0.0169. The first kappa shape index (κ1) is 22.4. The summed E-state index contributed by atoms with van der Waals surface area (Å²) >= 11 is 6.01. The number of ether oxygens (including phenoxy) is 1. The van der Waals surface area contributed by atoms with Crippen molar-refractivity contribution in [2.24, 2.45) is 7.05 Å². The molecule has 3 aromatic heterocycles. The third-order valence-electron chi connectivity index (χ3n) is 3.95. The van der Waals surface area contributed by atoms with Crippen molar-refractivity contribution in [1.82, 2.24) is 25.0 Å². The minimum Gasteiger partial charge on any atom is -0.441 e. The zero-order valence-corrected chi connectivity index (χ0v) is 18.1. The highest BCUT2D eigenvalue weighted by Crippen LogP contribution is 2.28. The number of carbonyl (C=O) groups is 1. The second-order valence-corrected chi connectivity index (χ2v) is 8.50. The maximum Gasteiger partial charge on any atom is 0.413 e. The maximum atomic E-state index is 14.3. The number of nitrogens with one attached hydrogen (secondary N) is 2. The van der Waals surface area contributed by atoms with Crippen molar-refractivity contribution in [2.75, 3.05) is 16.3 Å². The van der Waals surface area contributed by atoms with Crippen LogP contribution in [0, 0.1) is 5.82 Å². The van der Waals surface area contributed by atoms with Crippen molar-refractivity contribution in [3.8, 4) is 11.4 Å². The number of anilines is 2. The lowest BCUT2D eigenvalue weighted by Crippen LogP contribution is -2.18. The largest absolute Gasteiger partial charge is 0.441 e. The van der Waals surface area contributed by atoms with E-state index in [1.54, 1.807) is 19.1 Å². The molecular weight excluding hydrogens is 453 g/mol. The first-order valence-electron chi connectivity index (χ1n) is 8.66. The Balaban J connectivity index is 1.80. The van der Waals surface area contributed by atoms with Gasteiger partial charge in [0.15, 0.2) is 17.3 Å². The van der Waals surface area contributed by atoms with Crippen LogP contribution in [0.4, 0.5) is 20.7 Å². The first-order valence-corrected chi connectivity index (χ1v) is 10.9. The van der Waals surface area contributed by atoms with Crippen LogP contribution in [0.5, 0.6) is 0 Å². The number of amides is 1. The van der Waals surface area contributed by atoms with E-state index in [9.17, 15) is 17.6 Å². The molecule has 1 amide bonds. The summed E-state index contributed by atoms with van der Waals surface area (Å²) in [5.74, 6) is -0.792. The summed E-state index contributed by atoms with van der Waals surface area (Å²) in [5.41, 5.74) is 0.256. The molecule has 0 spiro atoms. The smallest absolute Gasteiger partial charge is 0.413 e. The van der Waals surface area contributed by atoms with E-state index in [1.807, 2.05) is 4.72 Å². The summed E-state index contributed by atoms with van der Waals surface area (Å²) in [6.07, 6.45) is 1.85. The highest BCUT2D eigenvalue weighted by molar-refractivity contribution is 7.92. The number of carbonyl (C=O) groups excluding carboxylic acids is 1. The Morgan fingerprint density at radius 3 is 2.74 bits per heavy atom. The molecule has 31 heavy (non-hydrogen) atoms. The van der Waals surface area contributed by atoms with Crippen LogP contribution >= 0.6 is 11.6 Å². The maximum absolute atomic E-state index is 14.3. The van der Waals surface area contributed by atoms with Crippen molar-refractivity contribution >= 4 is 39.2 Å². The van der Waals surface area contributed by atoms with Gasteiger partial charge < -0.3 is 4.74 Å². The highest BCUT2D eigenvalue weighted by atomic mass is 35.5. The summed E-state index contributed by atoms with van der Waals surface area (Å²) in [6, 6.07) is 4.29. The summed E-state index contributed by atoms with van der Waals surface area (Å²) in [7, 11) is -2.18. The molecule has 0 radical (unpaired) electrons. The van der Waals surface area contributed by atoms with E-state index in [-0.39, 0.29) is 28.0 Å². The Bertz CT molecular complexity index is 1230. The molecule has 0 saturated carbocycles. The molecule has 1 atom stereocenters. The predicted octanol–water partition coefficient (Wildman–Crippen LogP) is 2.75. The molecule has 0 aromatic carbocycles. The molecule has 0 bridgehead atoms. The van der Waals surface area contributed by atoms with E-state index in [0.717, 1.165) is 18.5 Å². The molecule has 11 nitrogen and oxygen atoms in total. The van der Waals surface area contributed by atoms with Gasteiger partial charge in [-0.1, -0.05) is 22.9 Å². The van der Waals surface area contributed by atoms with E-state index in [0.29, 0.717) is 5.56 Å². The molecular formula is C17H17ClFN7O4S. The molecule has 0 aliphatic rings. The van der Waals surface area contributed by atoms with Crippen LogP contribution in [0.25, 0.3) is 11.4 Å².